The fraction of sp³-hybridized carbons (Fsp3) is 0.0769. The van der Waals surface area contributed by atoms with Gasteiger partial charge in [-0.05, 0) is 34.8 Å². The fourth-order valence-corrected chi connectivity index (χ4v) is 1.53. The highest BCUT2D eigenvalue weighted by Gasteiger charge is 1.96. The number of nitrogens with zero attached hydrogens (tertiary/aromatic N) is 1. The van der Waals surface area contributed by atoms with Crippen molar-refractivity contribution in [1.29, 1.82) is 0 Å². The van der Waals surface area contributed by atoms with Crippen LogP contribution in [0, 0.1) is 0 Å². The first-order valence-electron chi connectivity index (χ1n) is 4.92. The third kappa shape index (κ3) is 2.50. The third-order valence-corrected chi connectivity index (χ3v) is 2.34. The van der Waals surface area contributed by atoms with Crippen molar-refractivity contribution < 1.29 is 5.53 Å². The predicted molar refractivity (Wildman–Crippen MR) is 59.7 cm³/mol. The standard InChI is InChI=1S/C13H12N2/c14-15-13-8-6-12(7-9-13)10-11-4-2-1-3-5-11/h1-9,14H,10H2/p+1. The Bertz CT molecular complexity index is 432. The zero-order chi connectivity index (χ0) is 10.5. The molecule has 2 N–H and O–H groups in total. The number of hydrogen-bond donors (Lipinski definition) is 1. The minimum Gasteiger partial charge on any atom is -0.152 e. The summed E-state index contributed by atoms with van der Waals surface area (Å²) >= 11 is 0. The molecule has 0 heterocycles. The third-order valence-electron chi connectivity index (χ3n) is 2.34. The fourth-order valence-electron chi connectivity index (χ4n) is 1.53. The van der Waals surface area contributed by atoms with E-state index in [1.807, 2.05) is 18.2 Å². The minimum absolute atomic E-state index is 0.812. The molecule has 0 bridgehead atoms. The Hall–Kier alpha value is -1.96. The summed E-state index contributed by atoms with van der Waals surface area (Å²) in [7, 11) is 0. The van der Waals surface area contributed by atoms with Gasteiger partial charge in [-0.2, -0.15) is 5.53 Å². The molecule has 2 aromatic carbocycles. The van der Waals surface area contributed by atoms with Gasteiger partial charge in [0.15, 0.2) is 0 Å². The van der Waals surface area contributed by atoms with Crippen molar-refractivity contribution in [3.05, 3.63) is 65.7 Å². The second-order valence-corrected chi connectivity index (χ2v) is 3.46. The summed E-state index contributed by atoms with van der Waals surface area (Å²) in [5, 5.41) is 3.62. The van der Waals surface area contributed by atoms with E-state index in [0.717, 1.165) is 12.1 Å². The van der Waals surface area contributed by atoms with Gasteiger partial charge in [0, 0.05) is 0 Å². The van der Waals surface area contributed by atoms with Crippen LogP contribution in [-0.2, 0) is 6.42 Å². The lowest BCUT2D eigenvalue weighted by atomic mass is 10.1. The number of nitrogens with two attached hydrogens (primary N) is 1. The van der Waals surface area contributed by atoms with Gasteiger partial charge in [0.05, 0.1) is 0 Å². The monoisotopic (exact) mass is 197 g/mol. The molecule has 0 atom stereocenters. The number of rotatable bonds is 3. The maximum absolute atomic E-state index is 5.18. The van der Waals surface area contributed by atoms with E-state index in [-0.39, 0.29) is 0 Å². The molecule has 0 amide bonds. The Morgan fingerprint density at radius 3 is 2.00 bits per heavy atom. The molecule has 0 fully saturated rings. The van der Waals surface area contributed by atoms with Crippen LogP contribution >= 0.6 is 0 Å². The summed E-state index contributed by atoms with van der Waals surface area (Å²) in [5.41, 5.74) is 8.58. The Labute approximate surface area is 89.1 Å². The van der Waals surface area contributed by atoms with E-state index < -0.39 is 0 Å². The number of hydrogen-bond acceptors (Lipinski definition) is 1. The molecular weight excluding hydrogens is 184 g/mol. The molecule has 0 spiro atoms. The summed E-state index contributed by atoms with van der Waals surface area (Å²) in [6.07, 6.45) is 0.950. The van der Waals surface area contributed by atoms with Crippen LogP contribution in [-0.4, -0.2) is 0 Å². The molecule has 0 saturated heterocycles. The SMILES string of the molecule is [NH2+]=Nc1ccc(Cc2ccccc2)cc1. The molecular formula is C13H13N2+. The van der Waals surface area contributed by atoms with Crippen LogP contribution in [0.5, 0.6) is 0 Å². The van der Waals surface area contributed by atoms with Crippen molar-refractivity contribution >= 4 is 5.69 Å². The Balaban J connectivity index is 2.15. The lowest BCUT2D eigenvalue weighted by Gasteiger charge is -2.00. The van der Waals surface area contributed by atoms with Crippen molar-refractivity contribution in [2.24, 2.45) is 5.11 Å². The average molecular weight is 197 g/mol. The smallest absolute Gasteiger partial charge is 0.129 e. The summed E-state index contributed by atoms with van der Waals surface area (Å²) in [6.45, 7) is 0. The Kier molecular flexibility index (Phi) is 2.88. The van der Waals surface area contributed by atoms with Crippen LogP contribution in [0.3, 0.4) is 0 Å². The van der Waals surface area contributed by atoms with E-state index in [1.165, 1.54) is 11.1 Å². The van der Waals surface area contributed by atoms with Gasteiger partial charge in [-0.1, -0.05) is 42.5 Å². The lowest BCUT2D eigenvalue weighted by molar-refractivity contribution is -0.210. The van der Waals surface area contributed by atoms with Gasteiger partial charge in [0.2, 0.25) is 0 Å². The van der Waals surface area contributed by atoms with Crippen LogP contribution < -0.4 is 5.53 Å². The molecule has 0 aliphatic carbocycles. The molecule has 0 aliphatic rings. The molecule has 0 aliphatic heterocycles. The van der Waals surface area contributed by atoms with Crippen molar-refractivity contribution in [1.82, 2.24) is 0 Å². The van der Waals surface area contributed by atoms with E-state index in [4.69, 9.17) is 5.53 Å². The first-order chi connectivity index (χ1) is 7.38. The van der Waals surface area contributed by atoms with Gasteiger partial charge in [0.25, 0.3) is 0 Å². The highest BCUT2D eigenvalue weighted by molar-refractivity contribution is 5.39. The average Bonchev–Trinajstić information content (AvgIpc) is 2.31. The second kappa shape index (κ2) is 4.51. The van der Waals surface area contributed by atoms with Crippen molar-refractivity contribution in [3.8, 4) is 0 Å². The van der Waals surface area contributed by atoms with Gasteiger partial charge >= 0.3 is 0 Å². The van der Waals surface area contributed by atoms with Gasteiger partial charge in [-0.3, -0.25) is 0 Å². The normalized spacial score (nSPS) is 9.87. The van der Waals surface area contributed by atoms with Crippen LogP contribution in [0.25, 0.3) is 0 Å². The van der Waals surface area contributed by atoms with Gasteiger partial charge in [-0.25, -0.2) is 0 Å². The van der Waals surface area contributed by atoms with Crippen molar-refractivity contribution in [2.45, 2.75) is 6.42 Å². The van der Waals surface area contributed by atoms with E-state index >= 15 is 0 Å². The Morgan fingerprint density at radius 1 is 0.800 bits per heavy atom. The largest absolute Gasteiger partial charge is 0.152 e. The zero-order valence-corrected chi connectivity index (χ0v) is 8.43. The van der Waals surface area contributed by atoms with Crippen molar-refractivity contribution in [2.75, 3.05) is 0 Å². The second-order valence-electron chi connectivity index (χ2n) is 3.46. The molecule has 2 rings (SSSR count). The Morgan fingerprint density at radius 2 is 1.40 bits per heavy atom. The van der Waals surface area contributed by atoms with Gasteiger partial charge in [0.1, 0.15) is 5.69 Å². The molecule has 2 heteroatoms. The highest BCUT2D eigenvalue weighted by atomic mass is 14.9. The van der Waals surface area contributed by atoms with Crippen LogP contribution in [0.4, 0.5) is 5.69 Å². The van der Waals surface area contributed by atoms with Gasteiger partial charge < -0.3 is 0 Å². The minimum atomic E-state index is 0.812. The first-order valence-corrected chi connectivity index (χ1v) is 4.92. The zero-order valence-electron chi connectivity index (χ0n) is 8.43. The quantitative estimate of drug-likeness (QED) is 0.732. The van der Waals surface area contributed by atoms with Crippen LogP contribution in [0.15, 0.2) is 59.7 Å². The summed E-state index contributed by atoms with van der Waals surface area (Å²) in [5.74, 6) is 0. The molecule has 15 heavy (non-hydrogen) atoms. The van der Waals surface area contributed by atoms with E-state index in [0.29, 0.717) is 0 Å². The molecule has 74 valence electrons. The summed E-state index contributed by atoms with van der Waals surface area (Å²) in [4.78, 5) is 0. The first kappa shape index (κ1) is 9.59. The molecule has 0 unspecified atom stereocenters. The number of benzene rings is 2. The van der Waals surface area contributed by atoms with Gasteiger partial charge in [-0.15, -0.1) is 0 Å². The highest BCUT2D eigenvalue weighted by Crippen LogP contribution is 2.14. The van der Waals surface area contributed by atoms with Crippen molar-refractivity contribution in [3.63, 3.8) is 0 Å². The van der Waals surface area contributed by atoms with E-state index in [1.54, 1.807) is 0 Å². The predicted octanol–water partition coefficient (Wildman–Crippen LogP) is 2.12. The molecule has 2 aromatic rings. The lowest BCUT2D eigenvalue weighted by Crippen LogP contribution is -2.21. The maximum Gasteiger partial charge on any atom is 0.129 e. The van der Waals surface area contributed by atoms with Crippen LogP contribution in [0.1, 0.15) is 11.1 Å². The topological polar surface area (TPSA) is 38.0 Å². The van der Waals surface area contributed by atoms with E-state index in [2.05, 4.69) is 41.5 Å². The molecule has 2 nitrogen and oxygen atoms in total. The van der Waals surface area contributed by atoms with Crippen LogP contribution in [0.2, 0.25) is 0 Å². The van der Waals surface area contributed by atoms with E-state index in [9.17, 15) is 0 Å². The maximum atomic E-state index is 5.18. The molecule has 0 saturated carbocycles. The summed E-state index contributed by atoms with van der Waals surface area (Å²) < 4.78 is 0. The molecule has 0 radical (unpaired) electrons. The summed E-state index contributed by atoms with van der Waals surface area (Å²) in [6, 6.07) is 18.4. The molecule has 0 aromatic heterocycles.